The van der Waals surface area contributed by atoms with E-state index in [1.54, 1.807) is 6.92 Å². The summed E-state index contributed by atoms with van der Waals surface area (Å²) in [6, 6.07) is 5.99. The molecule has 1 aromatic carbocycles. The van der Waals surface area contributed by atoms with E-state index in [4.69, 9.17) is 10.5 Å². The number of benzene rings is 1. The van der Waals surface area contributed by atoms with E-state index in [1.807, 2.05) is 0 Å². The zero-order chi connectivity index (χ0) is 15.1. The van der Waals surface area contributed by atoms with Crippen molar-refractivity contribution in [1.82, 2.24) is 0 Å². The Kier molecular flexibility index (Phi) is 5.40. The summed E-state index contributed by atoms with van der Waals surface area (Å²) in [6.45, 7) is 3.11. The number of rotatable bonds is 5. The second-order valence-corrected chi connectivity index (χ2v) is 3.77. The summed E-state index contributed by atoms with van der Waals surface area (Å²) >= 11 is 0. The summed E-state index contributed by atoms with van der Waals surface area (Å²) in [5, 5.41) is 16.8. The van der Waals surface area contributed by atoms with E-state index >= 15 is 0 Å². The van der Waals surface area contributed by atoms with Crippen molar-refractivity contribution in [3.63, 3.8) is 0 Å². The van der Waals surface area contributed by atoms with Crippen LogP contribution < -0.4 is 5.73 Å². The summed E-state index contributed by atoms with van der Waals surface area (Å²) in [6.07, 6.45) is 0. The minimum atomic E-state index is -0.759. The highest BCUT2D eigenvalue weighted by atomic mass is 16.5. The molecular formula is C13H15N3O4. The van der Waals surface area contributed by atoms with E-state index in [0.717, 1.165) is 0 Å². The molecular weight excluding hydrogens is 262 g/mol. The molecule has 20 heavy (non-hydrogen) atoms. The third-order valence-corrected chi connectivity index (χ3v) is 2.23. The maximum Gasteiger partial charge on any atom is 0.362 e. The van der Waals surface area contributed by atoms with Gasteiger partial charge in [-0.15, -0.1) is 5.11 Å². The maximum atomic E-state index is 11.5. The van der Waals surface area contributed by atoms with Crippen molar-refractivity contribution in [2.45, 2.75) is 13.8 Å². The molecule has 7 heteroatoms. The standard InChI is InChI=1S/C13H15N3O4/c1-3-20-13(19)11(8(2)17)16-15-10-6-4-9(5-7-10)12(14)18/h4-7,17H,3H2,1-2H3,(H2,14,18)/b11-8-,16-15?. The predicted molar refractivity (Wildman–Crippen MR) is 71.4 cm³/mol. The number of primary amides is 1. The molecule has 0 atom stereocenters. The predicted octanol–water partition coefficient (Wildman–Crippen LogP) is 2.22. The summed E-state index contributed by atoms with van der Waals surface area (Å²) in [7, 11) is 0. The molecule has 0 radical (unpaired) electrons. The van der Waals surface area contributed by atoms with Gasteiger partial charge in [0.15, 0.2) is 0 Å². The zero-order valence-electron chi connectivity index (χ0n) is 11.2. The number of ether oxygens (including phenoxy) is 1. The van der Waals surface area contributed by atoms with Gasteiger partial charge in [-0.1, -0.05) is 0 Å². The molecule has 0 heterocycles. The number of allylic oxidation sites excluding steroid dienone is 1. The van der Waals surface area contributed by atoms with Crippen LogP contribution in [0.2, 0.25) is 0 Å². The van der Waals surface area contributed by atoms with E-state index in [9.17, 15) is 14.7 Å². The highest BCUT2D eigenvalue weighted by molar-refractivity contribution is 5.93. The zero-order valence-corrected chi connectivity index (χ0v) is 11.2. The van der Waals surface area contributed by atoms with Crippen LogP contribution in [-0.4, -0.2) is 23.6 Å². The van der Waals surface area contributed by atoms with Gasteiger partial charge >= 0.3 is 5.97 Å². The fourth-order valence-electron chi connectivity index (χ4n) is 1.26. The van der Waals surface area contributed by atoms with Gasteiger partial charge in [-0.25, -0.2) is 4.79 Å². The van der Waals surface area contributed by atoms with Gasteiger partial charge < -0.3 is 15.6 Å². The molecule has 0 aromatic heterocycles. The number of aliphatic hydroxyl groups is 1. The Hall–Kier alpha value is -2.70. The van der Waals surface area contributed by atoms with E-state index in [0.29, 0.717) is 11.3 Å². The topological polar surface area (TPSA) is 114 Å². The molecule has 0 aliphatic carbocycles. The fourth-order valence-corrected chi connectivity index (χ4v) is 1.26. The van der Waals surface area contributed by atoms with Crippen LogP contribution in [0.4, 0.5) is 5.69 Å². The van der Waals surface area contributed by atoms with Crippen LogP contribution in [0.3, 0.4) is 0 Å². The van der Waals surface area contributed by atoms with Crippen LogP contribution in [0.15, 0.2) is 46.0 Å². The maximum absolute atomic E-state index is 11.5. The van der Waals surface area contributed by atoms with Crippen LogP contribution in [0.5, 0.6) is 0 Å². The third kappa shape index (κ3) is 4.20. The van der Waals surface area contributed by atoms with Crippen LogP contribution in [-0.2, 0) is 9.53 Å². The SMILES string of the molecule is CCOC(=O)/C(N=Nc1ccc(C(N)=O)cc1)=C(\C)O. The first kappa shape index (κ1) is 15.4. The third-order valence-electron chi connectivity index (χ3n) is 2.23. The Morgan fingerprint density at radius 3 is 2.35 bits per heavy atom. The average molecular weight is 277 g/mol. The fraction of sp³-hybridized carbons (Fsp3) is 0.231. The minimum absolute atomic E-state index is 0.165. The molecule has 0 saturated heterocycles. The highest BCUT2D eigenvalue weighted by Gasteiger charge is 2.13. The number of azo groups is 1. The molecule has 0 aliphatic rings. The first-order valence-corrected chi connectivity index (χ1v) is 5.84. The number of hydrogen-bond acceptors (Lipinski definition) is 6. The Morgan fingerprint density at radius 1 is 1.30 bits per heavy atom. The summed E-state index contributed by atoms with van der Waals surface area (Å²) < 4.78 is 4.73. The van der Waals surface area contributed by atoms with Gasteiger partial charge in [0.05, 0.1) is 12.3 Å². The van der Waals surface area contributed by atoms with Crippen LogP contribution in [0, 0.1) is 0 Å². The van der Waals surface area contributed by atoms with Gasteiger partial charge in [0.2, 0.25) is 11.6 Å². The Bertz CT molecular complexity index is 557. The van der Waals surface area contributed by atoms with Gasteiger partial charge in [0, 0.05) is 5.56 Å². The number of aliphatic hydroxyl groups excluding tert-OH is 1. The minimum Gasteiger partial charge on any atom is -0.510 e. The van der Waals surface area contributed by atoms with Gasteiger partial charge in [-0.05, 0) is 38.1 Å². The van der Waals surface area contributed by atoms with E-state index < -0.39 is 11.9 Å². The number of nitrogens with zero attached hydrogens (tertiary/aromatic N) is 2. The van der Waals surface area contributed by atoms with E-state index in [2.05, 4.69) is 10.2 Å². The quantitative estimate of drug-likeness (QED) is 0.371. The first-order chi connectivity index (χ1) is 9.45. The Labute approximate surface area is 115 Å². The van der Waals surface area contributed by atoms with E-state index in [1.165, 1.54) is 31.2 Å². The van der Waals surface area contributed by atoms with Gasteiger partial charge in [0.1, 0.15) is 5.76 Å². The van der Waals surface area contributed by atoms with Crippen LogP contribution >= 0.6 is 0 Å². The van der Waals surface area contributed by atoms with Crippen molar-refractivity contribution < 1.29 is 19.4 Å². The lowest BCUT2D eigenvalue weighted by Crippen LogP contribution is -2.10. The highest BCUT2D eigenvalue weighted by Crippen LogP contribution is 2.16. The number of carbonyl (C=O) groups is 2. The van der Waals surface area contributed by atoms with Gasteiger partial charge in [0.25, 0.3) is 0 Å². The average Bonchev–Trinajstić information content (AvgIpc) is 2.39. The van der Waals surface area contributed by atoms with Crippen molar-refractivity contribution in [3.05, 3.63) is 41.3 Å². The Morgan fingerprint density at radius 2 is 1.90 bits per heavy atom. The Balaban J connectivity index is 2.92. The largest absolute Gasteiger partial charge is 0.510 e. The number of carbonyl (C=O) groups excluding carboxylic acids is 2. The molecule has 0 spiro atoms. The summed E-state index contributed by atoms with van der Waals surface area (Å²) in [5.74, 6) is -1.60. The van der Waals surface area contributed by atoms with Crippen molar-refractivity contribution in [1.29, 1.82) is 0 Å². The number of esters is 1. The molecule has 1 amide bonds. The monoisotopic (exact) mass is 277 g/mol. The molecule has 7 nitrogen and oxygen atoms in total. The second-order valence-electron chi connectivity index (χ2n) is 3.77. The van der Waals surface area contributed by atoms with Crippen molar-refractivity contribution in [2.75, 3.05) is 6.61 Å². The van der Waals surface area contributed by atoms with Gasteiger partial charge in [-0.2, -0.15) is 5.11 Å². The van der Waals surface area contributed by atoms with Crippen molar-refractivity contribution >= 4 is 17.6 Å². The molecule has 0 bridgehead atoms. The smallest absolute Gasteiger partial charge is 0.362 e. The number of nitrogens with two attached hydrogens (primary N) is 1. The molecule has 0 aliphatic heterocycles. The number of amides is 1. The molecule has 1 aromatic rings. The van der Waals surface area contributed by atoms with Crippen LogP contribution in [0.1, 0.15) is 24.2 Å². The summed E-state index contributed by atoms with van der Waals surface area (Å²) in [4.78, 5) is 22.4. The van der Waals surface area contributed by atoms with Crippen molar-refractivity contribution in [2.24, 2.45) is 16.0 Å². The second kappa shape index (κ2) is 7.03. The van der Waals surface area contributed by atoms with Crippen LogP contribution in [0.25, 0.3) is 0 Å². The van der Waals surface area contributed by atoms with Crippen molar-refractivity contribution in [3.8, 4) is 0 Å². The lowest BCUT2D eigenvalue weighted by atomic mass is 10.2. The molecule has 0 saturated carbocycles. The van der Waals surface area contributed by atoms with E-state index in [-0.39, 0.29) is 18.1 Å². The first-order valence-electron chi connectivity index (χ1n) is 5.84. The normalized spacial score (nSPS) is 12.1. The lowest BCUT2D eigenvalue weighted by Gasteiger charge is -2.02. The molecule has 3 N–H and O–H groups in total. The molecule has 106 valence electrons. The summed E-state index contributed by atoms with van der Waals surface area (Å²) in [5.41, 5.74) is 5.57. The van der Waals surface area contributed by atoms with Gasteiger partial charge in [-0.3, -0.25) is 4.79 Å². The molecule has 0 unspecified atom stereocenters. The number of hydrogen-bond donors (Lipinski definition) is 2. The lowest BCUT2D eigenvalue weighted by molar-refractivity contribution is -0.138. The molecule has 1 rings (SSSR count). The molecule has 0 fully saturated rings.